The number of rotatable bonds is 10. The van der Waals surface area contributed by atoms with Crippen LogP contribution >= 0.6 is 0 Å². The van der Waals surface area contributed by atoms with Gasteiger partial charge in [0.15, 0.2) is 19.5 Å². The molecule has 1 aliphatic rings. The van der Waals surface area contributed by atoms with E-state index >= 15 is 0 Å². The summed E-state index contributed by atoms with van der Waals surface area (Å²) in [6.45, 7) is 9.54. The van der Waals surface area contributed by atoms with E-state index in [-0.39, 0.29) is 36.4 Å². The van der Waals surface area contributed by atoms with E-state index in [9.17, 15) is 4.79 Å². The number of hydrogen-bond acceptors (Lipinski definition) is 5. The van der Waals surface area contributed by atoms with Crippen LogP contribution in [-0.4, -0.2) is 54.4 Å². The highest BCUT2D eigenvalue weighted by Gasteiger charge is 2.46. The summed E-state index contributed by atoms with van der Waals surface area (Å²) in [6, 6.07) is 15.5. The van der Waals surface area contributed by atoms with Gasteiger partial charge in [-0.15, -0.1) is 0 Å². The van der Waals surface area contributed by atoms with Gasteiger partial charge in [0.1, 0.15) is 12.9 Å². The van der Waals surface area contributed by atoms with Crippen LogP contribution in [0.1, 0.15) is 31.5 Å². The van der Waals surface area contributed by atoms with Crippen molar-refractivity contribution in [2.45, 2.75) is 52.3 Å². The highest BCUT2D eigenvalue weighted by atomic mass is 28.2. The number of carbonyl (C=O) groups excluding carboxylic acids is 1. The predicted molar refractivity (Wildman–Crippen MR) is 137 cm³/mol. The van der Waals surface area contributed by atoms with E-state index in [2.05, 4.69) is 38.0 Å². The van der Waals surface area contributed by atoms with Gasteiger partial charge < -0.3 is 18.5 Å². The van der Waals surface area contributed by atoms with E-state index in [1.54, 1.807) is 6.20 Å². The maximum absolute atomic E-state index is 13.1. The first-order valence-corrected chi connectivity index (χ1v) is 15.7. The van der Waals surface area contributed by atoms with Crippen molar-refractivity contribution in [2.24, 2.45) is 11.3 Å². The lowest BCUT2D eigenvalue weighted by atomic mass is 9.77. The Balaban J connectivity index is 1.77. The molecule has 6 nitrogen and oxygen atoms in total. The summed E-state index contributed by atoms with van der Waals surface area (Å²) in [5.41, 5.74) is 1.64. The van der Waals surface area contributed by atoms with E-state index < -0.39 is 19.5 Å². The zero-order valence-electron chi connectivity index (χ0n) is 20.1. The van der Waals surface area contributed by atoms with Gasteiger partial charge in [-0.05, 0) is 36.1 Å². The number of benzene rings is 1. The SMILES string of the molecule is C[SiH2]OC(O[SiH2]C)C(C)(C)C1CC(C=Cc2ccccn2)N(C(=O)OCc2ccccc2)C1. The fourth-order valence-corrected chi connectivity index (χ4v) is 6.11. The average molecular weight is 485 g/mol. The van der Waals surface area contributed by atoms with Crippen molar-refractivity contribution in [3.63, 3.8) is 0 Å². The summed E-state index contributed by atoms with van der Waals surface area (Å²) < 4.78 is 17.9. The molecular weight excluding hydrogens is 448 g/mol. The number of amides is 1. The maximum atomic E-state index is 13.1. The third-order valence-corrected chi connectivity index (χ3v) is 7.53. The fraction of sp³-hybridized carbons (Fsp3) is 0.440. The average Bonchev–Trinajstić information content (AvgIpc) is 3.28. The van der Waals surface area contributed by atoms with Crippen LogP contribution in [0.25, 0.3) is 6.08 Å². The molecule has 1 amide bonds. The number of nitrogens with zero attached hydrogens (tertiary/aromatic N) is 2. The number of pyridine rings is 1. The Morgan fingerprint density at radius 1 is 1.15 bits per heavy atom. The largest absolute Gasteiger partial charge is 0.445 e. The van der Waals surface area contributed by atoms with Crippen LogP contribution in [0, 0.1) is 11.3 Å². The summed E-state index contributed by atoms with van der Waals surface area (Å²) in [7, 11) is -1.23. The van der Waals surface area contributed by atoms with Crippen LogP contribution in [0.3, 0.4) is 0 Å². The molecule has 2 unspecified atom stereocenters. The predicted octanol–water partition coefficient (Wildman–Crippen LogP) is 3.77. The number of likely N-dealkylation sites (tertiary alicyclic amines) is 1. The normalized spacial score (nSPS) is 20.4. The molecule has 1 aromatic heterocycles. The maximum Gasteiger partial charge on any atom is 0.410 e. The summed E-state index contributed by atoms with van der Waals surface area (Å²) >= 11 is 0. The van der Waals surface area contributed by atoms with Crippen LogP contribution in [0.2, 0.25) is 13.1 Å². The molecule has 0 saturated carbocycles. The molecule has 1 saturated heterocycles. The van der Waals surface area contributed by atoms with E-state index in [0.717, 1.165) is 17.7 Å². The topological polar surface area (TPSA) is 60.9 Å². The Morgan fingerprint density at radius 2 is 1.85 bits per heavy atom. The van der Waals surface area contributed by atoms with E-state index in [1.165, 1.54) is 0 Å². The molecule has 2 heterocycles. The molecule has 0 radical (unpaired) electrons. The Bertz CT molecular complexity index is 890. The molecule has 0 N–H and O–H groups in total. The number of ether oxygens (including phenoxy) is 1. The van der Waals surface area contributed by atoms with Gasteiger partial charge in [0, 0.05) is 18.2 Å². The monoisotopic (exact) mass is 484 g/mol. The molecule has 178 valence electrons. The lowest BCUT2D eigenvalue weighted by Gasteiger charge is -2.39. The standard InChI is InChI=1S/C25H36N2O4Si2/c1-25(2,23(30-32-3)31-33-4)20-16-22(14-13-21-12-8-9-15-26-21)27(17-20)24(28)29-18-19-10-6-5-7-11-19/h5-15,20,22-23H,16-18,32-33H2,1-4H3. The first-order chi connectivity index (χ1) is 16.0. The van der Waals surface area contributed by atoms with Gasteiger partial charge in [-0.3, -0.25) is 4.98 Å². The molecule has 1 aliphatic heterocycles. The minimum atomic E-state index is -0.615. The van der Waals surface area contributed by atoms with Gasteiger partial charge in [-0.25, -0.2) is 4.79 Å². The van der Waals surface area contributed by atoms with Crippen LogP contribution in [0.4, 0.5) is 4.79 Å². The number of aromatic nitrogens is 1. The molecule has 0 bridgehead atoms. The van der Waals surface area contributed by atoms with Crippen LogP contribution in [-0.2, 0) is 20.2 Å². The molecule has 2 aromatic rings. The highest BCUT2D eigenvalue weighted by molar-refractivity contribution is 6.26. The summed E-state index contributed by atoms with van der Waals surface area (Å²) in [4.78, 5) is 19.4. The minimum Gasteiger partial charge on any atom is -0.445 e. The van der Waals surface area contributed by atoms with Gasteiger partial charge in [-0.2, -0.15) is 0 Å². The molecule has 3 rings (SSSR count). The van der Waals surface area contributed by atoms with E-state index in [4.69, 9.17) is 13.6 Å². The second-order valence-electron chi connectivity index (χ2n) is 8.87. The molecule has 0 aliphatic carbocycles. The van der Waals surface area contributed by atoms with Crippen molar-refractivity contribution in [1.82, 2.24) is 9.88 Å². The van der Waals surface area contributed by atoms with Crippen molar-refractivity contribution in [1.29, 1.82) is 0 Å². The van der Waals surface area contributed by atoms with Gasteiger partial charge in [0.25, 0.3) is 0 Å². The van der Waals surface area contributed by atoms with Crippen molar-refractivity contribution in [2.75, 3.05) is 6.54 Å². The van der Waals surface area contributed by atoms with Gasteiger partial charge in [-0.1, -0.05) is 69.4 Å². The van der Waals surface area contributed by atoms with Crippen LogP contribution in [0.15, 0.2) is 60.8 Å². The molecule has 0 spiro atoms. The summed E-state index contributed by atoms with van der Waals surface area (Å²) in [5.74, 6) is 0.228. The molecular formula is C25H36N2O4Si2. The van der Waals surface area contributed by atoms with Crippen molar-refractivity contribution in [3.05, 3.63) is 72.1 Å². The summed E-state index contributed by atoms with van der Waals surface area (Å²) in [5, 5.41) is 0. The quantitative estimate of drug-likeness (QED) is 0.379. The molecule has 1 fully saturated rings. The first-order valence-electron chi connectivity index (χ1n) is 11.8. The lowest BCUT2D eigenvalue weighted by molar-refractivity contribution is -0.102. The fourth-order valence-electron chi connectivity index (χ4n) is 4.26. The van der Waals surface area contributed by atoms with Gasteiger partial charge in [0.2, 0.25) is 0 Å². The van der Waals surface area contributed by atoms with Crippen LogP contribution < -0.4 is 0 Å². The second-order valence-corrected chi connectivity index (χ2v) is 10.7. The minimum absolute atomic E-state index is 0.0713. The molecule has 2 atom stereocenters. The van der Waals surface area contributed by atoms with Crippen molar-refractivity contribution in [3.8, 4) is 0 Å². The number of carbonyl (C=O) groups is 1. The van der Waals surface area contributed by atoms with Crippen molar-refractivity contribution >= 4 is 31.7 Å². The second kappa shape index (κ2) is 12.3. The lowest BCUT2D eigenvalue weighted by Crippen LogP contribution is -2.43. The molecule has 1 aromatic carbocycles. The van der Waals surface area contributed by atoms with Gasteiger partial charge in [0.05, 0.1) is 11.7 Å². The zero-order chi connectivity index (χ0) is 23.7. The third-order valence-electron chi connectivity index (χ3n) is 6.26. The molecule has 33 heavy (non-hydrogen) atoms. The third kappa shape index (κ3) is 6.86. The Hall–Kier alpha value is -2.27. The Morgan fingerprint density at radius 3 is 2.48 bits per heavy atom. The summed E-state index contributed by atoms with van der Waals surface area (Å²) in [6.07, 6.45) is 6.16. The van der Waals surface area contributed by atoms with Gasteiger partial charge >= 0.3 is 6.09 Å². The van der Waals surface area contributed by atoms with Crippen LogP contribution in [0.5, 0.6) is 0 Å². The molecule has 8 heteroatoms. The Labute approximate surface area is 202 Å². The van der Waals surface area contributed by atoms with E-state index in [0.29, 0.717) is 6.54 Å². The Kier molecular flexibility index (Phi) is 9.43. The highest BCUT2D eigenvalue weighted by Crippen LogP contribution is 2.42. The van der Waals surface area contributed by atoms with Crippen molar-refractivity contribution < 1.29 is 18.4 Å². The smallest absolute Gasteiger partial charge is 0.410 e. The first kappa shape index (κ1) is 25.4. The number of hydrogen-bond donors (Lipinski definition) is 0. The van der Waals surface area contributed by atoms with E-state index in [1.807, 2.05) is 59.5 Å². The zero-order valence-corrected chi connectivity index (χ0v) is 23.0.